The molecule has 6 nitrogen and oxygen atoms in total. The molecule has 2 aliphatic heterocycles. The summed E-state index contributed by atoms with van der Waals surface area (Å²) in [5, 5.41) is 0. The SMILES string of the molecule is c1ccc(N2CCOC(c3cccc(N4CCOCC4)n3)C2)nc1. The Balaban J connectivity index is 1.50. The number of ether oxygens (including phenoxy) is 2. The minimum Gasteiger partial charge on any atom is -0.378 e. The van der Waals surface area contributed by atoms with E-state index in [-0.39, 0.29) is 6.10 Å². The largest absolute Gasteiger partial charge is 0.378 e. The highest BCUT2D eigenvalue weighted by molar-refractivity contribution is 5.42. The van der Waals surface area contributed by atoms with Gasteiger partial charge in [-0.2, -0.15) is 0 Å². The lowest BCUT2D eigenvalue weighted by Crippen LogP contribution is -2.39. The average molecular weight is 326 g/mol. The molecular weight excluding hydrogens is 304 g/mol. The van der Waals surface area contributed by atoms with Crippen LogP contribution >= 0.6 is 0 Å². The molecule has 2 aromatic heterocycles. The summed E-state index contributed by atoms with van der Waals surface area (Å²) >= 11 is 0. The fourth-order valence-corrected chi connectivity index (χ4v) is 3.16. The predicted octanol–water partition coefficient (Wildman–Crippen LogP) is 1.89. The van der Waals surface area contributed by atoms with Gasteiger partial charge >= 0.3 is 0 Å². The van der Waals surface area contributed by atoms with Gasteiger partial charge in [0.2, 0.25) is 0 Å². The number of morpholine rings is 2. The van der Waals surface area contributed by atoms with Crippen LogP contribution in [0, 0.1) is 0 Å². The molecule has 2 fully saturated rings. The van der Waals surface area contributed by atoms with Crippen LogP contribution in [0.2, 0.25) is 0 Å². The third-order valence-corrected chi connectivity index (χ3v) is 4.46. The van der Waals surface area contributed by atoms with Crippen molar-refractivity contribution in [3.05, 3.63) is 48.3 Å². The number of aromatic nitrogens is 2. The van der Waals surface area contributed by atoms with E-state index in [1.165, 1.54) is 0 Å². The molecule has 1 unspecified atom stereocenters. The molecule has 4 heterocycles. The highest BCUT2D eigenvalue weighted by atomic mass is 16.5. The summed E-state index contributed by atoms with van der Waals surface area (Å²) in [4.78, 5) is 13.8. The first kappa shape index (κ1) is 15.4. The molecule has 0 N–H and O–H groups in total. The minimum atomic E-state index is -0.0262. The van der Waals surface area contributed by atoms with Gasteiger partial charge in [0.1, 0.15) is 17.7 Å². The molecule has 0 radical (unpaired) electrons. The fraction of sp³-hybridized carbons (Fsp3) is 0.444. The van der Waals surface area contributed by atoms with Crippen LogP contribution in [0.25, 0.3) is 0 Å². The first-order valence-corrected chi connectivity index (χ1v) is 8.47. The van der Waals surface area contributed by atoms with E-state index in [0.717, 1.165) is 56.7 Å². The van der Waals surface area contributed by atoms with Crippen molar-refractivity contribution in [3.63, 3.8) is 0 Å². The molecule has 126 valence electrons. The predicted molar refractivity (Wildman–Crippen MR) is 92.4 cm³/mol. The van der Waals surface area contributed by atoms with E-state index in [1.807, 2.05) is 24.4 Å². The van der Waals surface area contributed by atoms with Crippen LogP contribution in [-0.4, -0.2) is 56.0 Å². The maximum atomic E-state index is 5.98. The molecule has 2 aromatic rings. The smallest absolute Gasteiger partial charge is 0.129 e. The number of pyridine rings is 2. The number of rotatable bonds is 3. The Labute approximate surface area is 142 Å². The lowest BCUT2D eigenvalue weighted by Gasteiger charge is -2.34. The van der Waals surface area contributed by atoms with Gasteiger partial charge in [0, 0.05) is 25.8 Å². The van der Waals surface area contributed by atoms with Crippen molar-refractivity contribution in [2.45, 2.75) is 6.10 Å². The molecule has 0 spiro atoms. The van der Waals surface area contributed by atoms with Crippen LogP contribution in [0.1, 0.15) is 11.8 Å². The average Bonchev–Trinajstić information content (AvgIpc) is 2.70. The van der Waals surface area contributed by atoms with Gasteiger partial charge in [-0.05, 0) is 24.3 Å². The summed E-state index contributed by atoms with van der Waals surface area (Å²) in [5.41, 5.74) is 0.986. The van der Waals surface area contributed by atoms with Crippen LogP contribution in [0.4, 0.5) is 11.6 Å². The second-order valence-electron chi connectivity index (χ2n) is 6.01. The Hall–Kier alpha value is -2.18. The van der Waals surface area contributed by atoms with Crippen LogP contribution in [0.15, 0.2) is 42.6 Å². The van der Waals surface area contributed by atoms with Gasteiger partial charge in [-0.25, -0.2) is 9.97 Å². The summed E-state index contributed by atoms with van der Waals surface area (Å²) < 4.78 is 11.4. The molecule has 0 aliphatic carbocycles. The van der Waals surface area contributed by atoms with Gasteiger partial charge in [-0.1, -0.05) is 12.1 Å². The molecule has 4 rings (SSSR count). The Morgan fingerprint density at radius 2 is 1.71 bits per heavy atom. The molecule has 0 aromatic carbocycles. The molecule has 1 atom stereocenters. The lowest BCUT2D eigenvalue weighted by atomic mass is 10.2. The van der Waals surface area contributed by atoms with Gasteiger partial charge in [0.15, 0.2) is 0 Å². The topological polar surface area (TPSA) is 50.7 Å². The second-order valence-corrected chi connectivity index (χ2v) is 6.01. The maximum absolute atomic E-state index is 5.98. The van der Waals surface area contributed by atoms with Crippen molar-refractivity contribution < 1.29 is 9.47 Å². The van der Waals surface area contributed by atoms with Crippen LogP contribution in [-0.2, 0) is 9.47 Å². The highest BCUT2D eigenvalue weighted by Crippen LogP contribution is 2.25. The number of hydrogen-bond acceptors (Lipinski definition) is 6. The van der Waals surface area contributed by atoms with Crippen molar-refractivity contribution in [2.75, 3.05) is 55.8 Å². The van der Waals surface area contributed by atoms with Crippen molar-refractivity contribution in [1.82, 2.24) is 9.97 Å². The van der Waals surface area contributed by atoms with E-state index in [2.05, 4.69) is 33.0 Å². The normalized spacial score (nSPS) is 21.8. The Morgan fingerprint density at radius 1 is 0.875 bits per heavy atom. The third kappa shape index (κ3) is 3.34. The van der Waals surface area contributed by atoms with Gasteiger partial charge in [-0.15, -0.1) is 0 Å². The van der Waals surface area contributed by atoms with E-state index in [9.17, 15) is 0 Å². The minimum absolute atomic E-state index is 0.0262. The molecule has 0 amide bonds. The summed E-state index contributed by atoms with van der Waals surface area (Å²) in [7, 11) is 0. The van der Waals surface area contributed by atoms with Crippen molar-refractivity contribution in [1.29, 1.82) is 0 Å². The summed E-state index contributed by atoms with van der Waals surface area (Å²) in [6.45, 7) is 5.63. The standard InChI is InChI=1S/C18H22N4O2/c1-2-7-19-17(5-1)22-10-13-24-16(14-22)15-4-3-6-18(20-15)21-8-11-23-12-9-21/h1-7,16H,8-14H2. The number of anilines is 2. The fourth-order valence-electron chi connectivity index (χ4n) is 3.16. The van der Waals surface area contributed by atoms with Crippen LogP contribution in [0.5, 0.6) is 0 Å². The zero-order chi connectivity index (χ0) is 16.2. The molecule has 2 saturated heterocycles. The van der Waals surface area contributed by atoms with E-state index >= 15 is 0 Å². The Kier molecular flexibility index (Phi) is 4.57. The zero-order valence-corrected chi connectivity index (χ0v) is 13.7. The zero-order valence-electron chi connectivity index (χ0n) is 13.7. The van der Waals surface area contributed by atoms with E-state index < -0.39 is 0 Å². The van der Waals surface area contributed by atoms with Gasteiger partial charge < -0.3 is 19.3 Å². The van der Waals surface area contributed by atoms with Crippen LogP contribution in [0.3, 0.4) is 0 Å². The second kappa shape index (κ2) is 7.15. The van der Waals surface area contributed by atoms with E-state index in [4.69, 9.17) is 14.5 Å². The summed E-state index contributed by atoms with van der Waals surface area (Å²) in [6.07, 6.45) is 1.80. The van der Waals surface area contributed by atoms with E-state index in [0.29, 0.717) is 6.61 Å². The van der Waals surface area contributed by atoms with Crippen LogP contribution < -0.4 is 9.80 Å². The molecule has 24 heavy (non-hydrogen) atoms. The van der Waals surface area contributed by atoms with Crippen molar-refractivity contribution in [2.24, 2.45) is 0 Å². The van der Waals surface area contributed by atoms with Crippen molar-refractivity contribution in [3.8, 4) is 0 Å². The third-order valence-electron chi connectivity index (χ3n) is 4.46. The molecule has 0 saturated carbocycles. The van der Waals surface area contributed by atoms with E-state index in [1.54, 1.807) is 0 Å². The first-order valence-electron chi connectivity index (χ1n) is 8.47. The molecular formula is C18H22N4O2. The number of hydrogen-bond donors (Lipinski definition) is 0. The quantitative estimate of drug-likeness (QED) is 0.858. The summed E-state index contributed by atoms with van der Waals surface area (Å²) in [6, 6.07) is 12.2. The monoisotopic (exact) mass is 326 g/mol. The maximum Gasteiger partial charge on any atom is 0.129 e. The lowest BCUT2D eigenvalue weighted by molar-refractivity contribution is 0.0368. The van der Waals surface area contributed by atoms with Gasteiger partial charge in [0.25, 0.3) is 0 Å². The van der Waals surface area contributed by atoms with Crippen molar-refractivity contribution >= 4 is 11.6 Å². The Morgan fingerprint density at radius 3 is 2.54 bits per heavy atom. The highest BCUT2D eigenvalue weighted by Gasteiger charge is 2.24. The molecule has 6 heteroatoms. The number of nitrogens with zero attached hydrogens (tertiary/aromatic N) is 4. The Bertz CT molecular complexity index is 661. The van der Waals surface area contributed by atoms with Gasteiger partial charge in [-0.3, -0.25) is 0 Å². The summed E-state index contributed by atoms with van der Waals surface area (Å²) in [5.74, 6) is 2.00. The first-order chi connectivity index (χ1) is 11.9. The molecule has 0 bridgehead atoms. The van der Waals surface area contributed by atoms with Gasteiger partial charge in [0.05, 0.1) is 32.1 Å². The molecule has 2 aliphatic rings.